The predicted molar refractivity (Wildman–Crippen MR) is 43.2 cm³/mol. The van der Waals surface area contributed by atoms with E-state index < -0.39 is 6.43 Å². The van der Waals surface area contributed by atoms with Crippen molar-refractivity contribution in [3.63, 3.8) is 0 Å². The van der Waals surface area contributed by atoms with Gasteiger partial charge in [0.05, 0.1) is 16.7 Å². The normalized spacial score (nSPS) is 17.3. The summed E-state index contributed by atoms with van der Waals surface area (Å²) in [4.78, 5) is 0. The van der Waals surface area contributed by atoms with Crippen molar-refractivity contribution in [2.75, 3.05) is 0 Å². The average molecular weight is 237 g/mol. The summed E-state index contributed by atoms with van der Waals surface area (Å²) < 4.78 is 26.7. The van der Waals surface area contributed by atoms with Crippen LogP contribution in [0.1, 0.15) is 31.0 Å². The van der Waals surface area contributed by atoms with Gasteiger partial charge in [0, 0.05) is 0 Å². The number of halogens is 3. The van der Waals surface area contributed by atoms with Crippen molar-refractivity contribution in [2.45, 2.75) is 25.3 Å². The predicted octanol–water partition coefficient (Wildman–Crippen LogP) is 2.92. The van der Waals surface area contributed by atoms with Crippen molar-refractivity contribution in [3.05, 3.63) is 16.4 Å². The Balaban J connectivity index is 2.39. The van der Waals surface area contributed by atoms with E-state index in [0.29, 0.717) is 4.47 Å². The first-order chi connectivity index (χ1) is 5.70. The summed E-state index contributed by atoms with van der Waals surface area (Å²) >= 11 is 3.05. The van der Waals surface area contributed by atoms with E-state index in [4.69, 9.17) is 0 Å². The van der Waals surface area contributed by atoms with Gasteiger partial charge < -0.3 is 0 Å². The molecule has 0 atom stereocenters. The van der Waals surface area contributed by atoms with E-state index in [2.05, 4.69) is 21.0 Å². The molecule has 66 valence electrons. The van der Waals surface area contributed by atoms with Crippen LogP contribution in [0.2, 0.25) is 0 Å². The zero-order chi connectivity index (χ0) is 8.72. The minimum absolute atomic E-state index is 0.0116. The summed E-state index contributed by atoms with van der Waals surface area (Å²) in [5.41, 5.74) is 0.0116. The highest BCUT2D eigenvalue weighted by molar-refractivity contribution is 9.10. The number of rotatable bonds is 2. The first kappa shape index (κ1) is 8.16. The summed E-state index contributed by atoms with van der Waals surface area (Å²) in [7, 11) is 0. The number of hydrogen-bond acceptors (Lipinski definition) is 1. The molecule has 0 saturated heterocycles. The molecule has 1 fully saturated rings. The lowest BCUT2D eigenvalue weighted by Crippen LogP contribution is -2.02. The maximum Gasteiger partial charge on any atom is 0.281 e. The third-order valence-electron chi connectivity index (χ3n) is 1.89. The molecule has 0 unspecified atom stereocenters. The van der Waals surface area contributed by atoms with Crippen molar-refractivity contribution in [3.8, 4) is 0 Å². The lowest BCUT2D eigenvalue weighted by Gasteiger charge is -2.04. The molecule has 0 N–H and O–H groups in total. The van der Waals surface area contributed by atoms with Crippen LogP contribution in [0, 0.1) is 0 Å². The SMILES string of the molecule is FC(F)c1c(Br)cnn1C1CC1. The fraction of sp³-hybridized carbons (Fsp3) is 0.571. The average Bonchev–Trinajstić information content (AvgIpc) is 2.75. The minimum Gasteiger partial charge on any atom is -0.260 e. The highest BCUT2D eigenvalue weighted by Gasteiger charge is 2.30. The van der Waals surface area contributed by atoms with Gasteiger partial charge in [0.25, 0.3) is 6.43 Å². The summed E-state index contributed by atoms with van der Waals surface area (Å²) in [6.07, 6.45) is 0.920. The van der Waals surface area contributed by atoms with Gasteiger partial charge in [-0.05, 0) is 28.8 Å². The van der Waals surface area contributed by atoms with E-state index in [1.165, 1.54) is 10.9 Å². The van der Waals surface area contributed by atoms with Gasteiger partial charge in [0.1, 0.15) is 5.69 Å². The molecule has 0 bridgehead atoms. The Morgan fingerprint density at radius 2 is 2.25 bits per heavy atom. The van der Waals surface area contributed by atoms with Gasteiger partial charge in [-0.3, -0.25) is 4.68 Å². The Hall–Kier alpha value is -0.450. The van der Waals surface area contributed by atoms with Gasteiger partial charge in [-0.15, -0.1) is 0 Å². The molecule has 1 saturated carbocycles. The van der Waals surface area contributed by atoms with E-state index in [9.17, 15) is 8.78 Å². The van der Waals surface area contributed by atoms with E-state index in [1.54, 1.807) is 0 Å². The number of aromatic nitrogens is 2. The van der Waals surface area contributed by atoms with Crippen LogP contribution in [0.3, 0.4) is 0 Å². The Morgan fingerprint density at radius 1 is 1.58 bits per heavy atom. The first-order valence-electron chi connectivity index (χ1n) is 3.71. The molecule has 1 aliphatic rings. The molecule has 0 aliphatic heterocycles. The Labute approximate surface area is 76.7 Å². The van der Waals surface area contributed by atoms with Gasteiger partial charge in [-0.25, -0.2) is 8.78 Å². The molecule has 12 heavy (non-hydrogen) atoms. The fourth-order valence-corrected chi connectivity index (χ4v) is 1.61. The molecule has 0 amide bonds. The fourth-order valence-electron chi connectivity index (χ4n) is 1.16. The Kier molecular flexibility index (Phi) is 1.90. The highest BCUT2D eigenvalue weighted by atomic mass is 79.9. The molecule has 1 aromatic rings. The van der Waals surface area contributed by atoms with Gasteiger partial charge in [-0.1, -0.05) is 0 Å². The highest BCUT2D eigenvalue weighted by Crippen LogP contribution is 2.39. The van der Waals surface area contributed by atoms with Crippen molar-refractivity contribution in [1.29, 1.82) is 0 Å². The third-order valence-corrected chi connectivity index (χ3v) is 2.50. The minimum atomic E-state index is -2.44. The third kappa shape index (κ3) is 1.26. The summed E-state index contributed by atoms with van der Waals surface area (Å²) in [5, 5.41) is 3.89. The number of hydrogen-bond donors (Lipinski definition) is 0. The van der Waals surface area contributed by atoms with Crippen molar-refractivity contribution < 1.29 is 8.78 Å². The molecule has 0 radical (unpaired) electrons. The lowest BCUT2D eigenvalue weighted by molar-refractivity contribution is 0.138. The maximum absolute atomic E-state index is 12.4. The molecule has 1 aliphatic carbocycles. The van der Waals surface area contributed by atoms with Crippen molar-refractivity contribution >= 4 is 15.9 Å². The van der Waals surface area contributed by atoms with Gasteiger partial charge >= 0.3 is 0 Å². The topological polar surface area (TPSA) is 17.8 Å². The van der Waals surface area contributed by atoms with Crippen LogP contribution >= 0.6 is 15.9 Å². The van der Waals surface area contributed by atoms with Crippen LogP contribution in [-0.2, 0) is 0 Å². The molecule has 1 aromatic heterocycles. The smallest absolute Gasteiger partial charge is 0.260 e. The second-order valence-electron chi connectivity index (χ2n) is 2.85. The maximum atomic E-state index is 12.4. The quantitative estimate of drug-likeness (QED) is 0.773. The van der Waals surface area contributed by atoms with Crippen molar-refractivity contribution in [2.24, 2.45) is 0 Å². The molecule has 5 heteroatoms. The number of alkyl halides is 2. The Bertz CT molecular complexity index is 294. The van der Waals surface area contributed by atoms with Gasteiger partial charge in [-0.2, -0.15) is 5.10 Å². The van der Waals surface area contributed by atoms with Crippen LogP contribution < -0.4 is 0 Å². The second kappa shape index (κ2) is 2.80. The molecule has 0 aromatic carbocycles. The molecular formula is C7H7BrF2N2. The van der Waals surface area contributed by atoms with E-state index in [0.717, 1.165) is 12.8 Å². The summed E-state index contributed by atoms with van der Waals surface area (Å²) in [5.74, 6) is 0. The summed E-state index contributed by atoms with van der Waals surface area (Å²) in [6.45, 7) is 0. The standard InChI is InChI=1S/C7H7BrF2N2/c8-5-3-11-12(4-1-2-4)6(5)7(9)10/h3-4,7H,1-2H2. The molecule has 1 heterocycles. The van der Waals surface area contributed by atoms with E-state index >= 15 is 0 Å². The lowest BCUT2D eigenvalue weighted by atomic mass is 10.4. The zero-order valence-corrected chi connectivity index (χ0v) is 7.76. The van der Waals surface area contributed by atoms with Crippen LogP contribution in [0.5, 0.6) is 0 Å². The Morgan fingerprint density at radius 3 is 2.75 bits per heavy atom. The van der Waals surface area contributed by atoms with Crippen molar-refractivity contribution in [1.82, 2.24) is 9.78 Å². The van der Waals surface area contributed by atoms with Crippen LogP contribution in [0.4, 0.5) is 8.78 Å². The molecule has 0 spiro atoms. The largest absolute Gasteiger partial charge is 0.281 e. The summed E-state index contributed by atoms with van der Waals surface area (Å²) in [6, 6.07) is 0.209. The molecule has 2 nitrogen and oxygen atoms in total. The van der Waals surface area contributed by atoms with Crippen LogP contribution in [-0.4, -0.2) is 9.78 Å². The van der Waals surface area contributed by atoms with Crippen LogP contribution in [0.15, 0.2) is 10.7 Å². The monoisotopic (exact) mass is 236 g/mol. The second-order valence-corrected chi connectivity index (χ2v) is 3.71. The number of nitrogens with zero attached hydrogens (tertiary/aromatic N) is 2. The van der Waals surface area contributed by atoms with E-state index in [1.807, 2.05) is 0 Å². The van der Waals surface area contributed by atoms with Gasteiger partial charge in [0.2, 0.25) is 0 Å². The zero-order valence-electron chi connectivity index (χ0n) is 6.17. The molecule has 2 rings (SSSR count). The molecular weight excluding hydrogens is 230 g/mol. The van der Waals surface area contributed by atoms with Crippen LogP contribution in [0.25, 0.3) is 0 Å². The first-order valence-corrected chi connectivity index (χ1v) is 4.50. The van der Waals surface area contributed by atoms with Gasteiger partial charge in [0.15, 0.2) is 0 Å². The van der Waals surface area contributed by atoms with E-state index in [-0.39, 0.29) is 11.7 Å².